The summed E-state index contributed by atoms with van der Waals surface area (Å²) in [5.41, 5.74) is -0.511. The Morgan fingerprint density at radius 1 is 1.37 bits per heavy atom. The van der Waals surface area contributed by atoms with Gasteiger partial charge in [-0.3, -0.25) is 4.79 Å². The van der Waals surface area contributed by atoms with E-state index < -0.39 is 17.0 Å². The molecule has 4 nitrogen and oxygen atoms in total. The molecule has 110 valence electrons. The number of amides is 1. The quantitative estimate of drug-likeness (QED) is 0.751. The maximum Gasteiger partial charge on any atom is 0.410 e. The van der Waals surface area contributed by atoms with E-state index in [-0.39, 0.29) is 18.4 Å². The fourth-order valence-corrected chi connectivity index (χ4v) is 2.15. The number of likely N-dealkylation sites (tertiary alicyclic amines) is 1. The van der Waals surface area contributed by atoms with Crippen molar-refractivity contribution < 1.29 is 18.7 Å². The lowest BCUT2D eigenvalue weighted by molar-refractivity contribution is -0.116. The third-order valence-corrected chi connectivity index (χ3v) is 3.29. The van der Waals surface area contributed by atoms with E-state index >= 15 is 0 Å². The molecule has 0 aromatic rings. The summed E-state index contributed by atoms with van der Waals surface area (Å²) in [7, 11) is 0. The topological polar surface area (TPSA) is 46.6 Å². The molecular weight excluding hydrogens is 273 g/mol. The Bertz CT molecular complexity index is 335. The van der Waals surface area contributed by atoms with Gasteiger partial charge in [-0.15, -0.1) is 0 Å². The summed E-state index contributed by atoms with van der Waals surface area (Å²) < 4.78 is 18.5. The van der Waals surface area contributed by atoms with E-state index in [0.717, 1.165) is 0 Å². The molecule has 1 unspecified atom stereocenters. The summed E-state index contributed by atoms with van der Waals surface area (Å²) in [4.78, 5) is 24.1. The van der Waals surface area contributed by atoms with Crippen LogP contribution in [0.1, 0.15) is 40.0 Å². The minimum atomic E-state index is -1.60. The molecule has 0 spiro atoms. The number of carbonyl (C=O) groups is 2. The Kier molecular flexibility index (Phi) is 5.59. The van der Waals surface area contributed by atoms with E-state index in [1.165, 1.54) is 0 Å². The Morgan fingerprint density at radius 2 is 1.89 bits per heavy atom. The van der Waals surface area contributed by atoms with Gasteiger partial charge in [0.2, 0.25) is 0 Å². The van der Waals surface area contributed by atoms with Gasteiger partial charge in [0.1, 0.15) is 5.60 Å². The maximum absolute atomic E-state index is 13.2. The van der Waals surface area contributed by atoms with Gasteiger partial charge in [0.15, 0.2) is 6.17 Å². The summed E-state index contributed by atoms with van der Waals surface area (Å²) in [6, 6.07) is 0. The lowest BCUT2D eigenvalue weighted by Crippen LogP contribution is -2.42. The third-order valence-electron chi connectivity index (χ3n) is 3.05. The number of piperidine rings is 1. The maximum atomic E-state index is 13.2. The van der Waals surface area contributed by atoms with Crippen LogP contribution in [0.3, 0.4) is 0 Å². The third kappa shape index (κ3) is 5.76. The molecule has 1 aliphatic heterocycles. The summed E-state index contributed by atoms with van der Waals surface area (Å²) >= 11 is 5.10. The second kappa shape index (κ2) is 6.55. The van der Waals surface area contributed by atoms with E-state index in [9.17, 15) is 14.0 Å². The predicted octanol–water partition coefficient (Wildman–Crippen LogP) is 3.13. The molecule has 1 amide bonds. The number of hydrogen-bond donors (Lipinski definition) is 0. The summed E-state index contributed by atoms with van der Waals surface area (Å²) in [5, 5.41) is -0.936. The van der Waals surface area contributed by atoms with Crippen molar-refractivity contribution in [3.63, 3.8) is 0 Å². The standard InChI is InChI=1S/C13H21ClFNO3/c1-13(2,3)19-12(18)16-6-4-9(5-7-16)8-10(15)11(14)17/h9-10H,4-8H2,1-3H3. The minimum Gasteiger partial charge on any atom is -0.444 e. The molecule has 0 saturated carbocycles. The van der Waals surface area contributed by atoms with Crippen LogP contribution in [0, 0.1) is 5.92 Å². The van der Waals surface area contributed by atoms with Crippen LogP contribution in [-0.4, -0.2) is 41.1 Å². The van der Waals surface area contributed by atoms with Crippen LogP contribution in [0.15, 0.2) is 0 Å². The molecule has 1 rings (SSSR count). The lowest BCUT2D eigenvalue weighted by Gasteiger charge is -2.33. The van der Waals surface area contributed by atoms with Crippen LogP contribution in [0.25, 0.3) is 0 Å². The first-order chi connectivity index (χ1) is 8.69. The predicted molar refractivity (Wildman–Crippen MR) is 70.9 cm³/mol. The van der Waals surface area contributed by atoms with Crippen molar-refractivity contribution in [3.05, 3.63) is 0 Å². The highest BCUT2D eigenvalue weighted by Gasteiger charge is 2.29. The molecule has 0 aromatic heterocycles. The van der Waals surface area contributed by atoms with Crippen molar-refractivity contribution >= 4 is 22.9 Å². The first-order valence-electron chi connectivity index (χ1n) is 6.50. The van der Waals surface area contributed by atoms with Crippen LogP contribution >= 0.6 is 11.6 Å². The molecule has 0 N–H and O–H groups in total. The van der Waals surface area contributed by atoms with Gasteiger partial charge in [-0.05, 0) is 57.6 Å². The largest absolute Gasteiger partial charge is 0.444 e. The summed E-state index contributed by atoms with van der Waals surface area (Å²) in [6.07, 6.45) is -0.450. The molecule has 1 aliphatic rings. The second-order valence-corrected chi connectivity index (χ2v) is 6.29. The summed E-state index contributed by atoms with van der Waals surface area (Å²) in [5.74, 6) is 0.0939. The van der Waals surface area contributed by atoms with Crippen molar-refractivity contribution in [2.24, 2.45) is 5.92 Å². The molecular formula is C13H21ClFNO3. The number of alkyl halides is 1. The molecule has 1 atom stereocenters. The summed E-state index contributed by atoms with van der Waals surface area (Å²) in [6.45, 7) is 6.51. The highest BCUT2D eigenvalue weighted by atomic mass is 35.5. The molecule has 6 heteroatoms. The van der Waals surface area contributed by atoms with Crippen LogP contribution in [0.2, 0.25) is 0 Å². The number of rotatable bonds is 3. The molecule has 1 saturated heterocycles. The van der Waals surface area contributed by atoms with Crippen LogP contribution in [-0.2, 0) is 9.53 Å². The number of ether oxygens (including phenoxy) is 1. The smallest absolute Gasteiger partial charge is 0.410 e. The van der Waals surface area contributed by atoms with Crippen molar-refractivity contribution in [1.29, 1.82) is 0 Å². The van der Waals surface area contributed by atoms with E-state index in [1.807, 2.05) is 20.8 Å². The van der Waals surface area contributed by atoms with E-state index in [1.54, 1.807) is 4.90 Å². The van der Waals surface area contributed by atoms with Gasteiger partial charge in [0.25, 0.3) is 5.24 Å². The van der Waals surface area contributed by atoms with E-state index in [2.05, 4.69) is 0 Å². The van der Waals surface area contributed by atoms with Crippen molar-refractivity contribution in [2.45, 2.75) is 51.8 Å². The van der Waals surface area contributed by atoms with E-state index in [0.29, 0.717) is 25.9 Å². The van der Waals surface area contributed by atoms with Crippen molar-refractivity contribution in [1.82, 2.24) is 4.90 Å². The Hall–Kier alpha value is -0.840. The number of halogens is 2. The molecule has 0 aliphatic carbocycles. The van der Waals surface area contributed by atoms with Gasteiger partial charge in [-0.2, -0.15) is 0 Å². The molecule has 1 fully saturated rings. The average molecular weight is 294 g/mol. The van der Waals surface area contributed by atoms with Gasteiger partial charge < -0.3 is 9.64 Å². The molecule has 19 heavy (non-hydrogen) atoms. The van der Waals surface area contributed by atoms with Gasteiger partial charge in [-0.25, -0.2) is 9.18 Å². The number of hydrogen-bond acceptors (Lipinski definition) is 3. The van der Waals surface area contributed by atoms with Gasteiger partial charge >= 0.3 is 6.09 Å². The molecule has 1 heterocycles. The monoisotopic (exact) mass is 293 g/mol. The van der Waals surface area contributed by atoms with Crippen molar-refractivity contribution in [3.8, 4) is 0 Å². The lowest BCUT2D eigenvalue weighted by atomic mass is 9.92. The van der Waals surface area contributed by atoms with Crippen LogP contribution in [0.4, 0.5) is 9.18 Å². The first-order valence-corrected chi connectivity index (χ1v) is 6.88. The van der Waals surface area contributed by atoms with Gasteiger partial charge in [0, 0.05) is 13.1 Å². The Balaban J connectivity index is 2.36. The number of nitrogens with zero attached hydrogens (tertiary/aromatic N) is 1. The SMILES string of the molecule is CC(C)(C)OC(=O)N1CCC(CC(F)C(=O)Cl)CC1. The first kappa shape index (κ1) is 16.2. The van der Waals surface area contributed by atoms with E-state index in [4.69, 9.17) is 16.3 Å². The minimum absolute atomic E-state index is 0.0939. The van der Waals surface area contributed by atoms with Crippen LogP contribution < -0.4 is 0 Å². The zero-order valence-corrected chi connectivity index (χ0v) is 12.4. The Labute approximate surface area is 118 Å². The molecule has 0 radical (unpaired) electrons. The van der Waals surface area contributed by atoms with Crippen molar-refractivity contribution in [2.75, 3.05) is 13.1 Å². The zero-order chi connectivity index (χ0) is 14.6. The zero-order valence-electron chi connectivity index (χ0n) is 11.6. The second-order valence-electron chi connectivity index (χ2n) is 5.92. The average Bonchev–Trinajstić information content (AvgIpc) is 2.27. The fraction of sp³-hybridized carbons (Fsp3) is 0.846. The highest BCUT2D eigenvalue weighted by molar-refractivity contribution is 6.64. The Morgan fingerprint density at radius 3 is 2.32 bits per heavy atom. The highest BCUT2D eigenvalue weighted by Crippen LogP contribution is 2.25. The van der Waals surface area contributed by atoms with Gasteiger partial charge in [-0.1, -0.05) is 0 Å². The van der Waals surface area contributed by atoms with Gasteiger partial charge in [0.05, 0.1) is 0 Å². The fourth-order valence-electron chi connectivity index (χ4n) is 2.06. The van der Waals surface area contributed by atoms with Crippen LogP contribution in [0.5, 0.6) is 0 Å². The number of carbonyl (C=O) groups excluding carboxylic acids is 2. The molecule has 0 bridgehead atoms. The molecule has 0 aromatic carbocycles. The normalized spacial score (nSPS) is 19.1.